The summed E-state index contributed by atoms with van der Waals surface area (Å²) in [5.74, 6) is 1.26. The van der Waals surface area contributed by atoms with Gasteiger partial charge in [0.25, 0.3) is 0 Å². The van der Waals surface area contributed by atoms with E-state index in [1.165, 1.54) is 0 Å². The maximum Gasteiger partial charge on any atom is 0.220 e. The average Bonchev–Trinajstić information content (AvgIpc) is 2.47. The standard InChI is InChI=1S/C17H14N2OS/c1-11-9-13(17(18)21)10-16(19-11)20-15-8-4-6-12-5-2-3-7-14(12)15/h2-10H,1H3,(H2,18,21). The van der Waals surface area contributed by atoms with Gasteiger partial charge in [0.05, 0.1) is 0 Å². The molecule has 0 aliphatic heterocycles. The van der Waals surface area contributed by atoms with Crippen molar-refractivity contribution in [1.29, 1.82) is 0 Å². The number of thiocarbonyl (C=S) groups is 1. The topological polar surface area (TPSA) is 48.1 Å². The van der Waals surface area contributed by atoms with Crippen molar-refractivity contribution in [3.8, 4) is 11.6 Å². The van der Waals surface area contributed by atoms with Gasteiger partial charge in [-0.15, -0.1) is 0 Å². The van der Waals surface area contributed by atoms with E-state index < -0.39 is 0 Å². The zero-order valence-corrected chi connectivity index (χ0v) is 12.4. The second kappa shape index (κ2) is 5.50. The van der Waals surface area contributed by atoms with Crippen molar-refractivity contribution >= 4 is 28.0 Å². The number of hydrogen-bond acceptors (Lipinski definition) is 3. The lowest BCUT2D eigenvalue weighted by Crippen LogP contribution is -2.10. The normalized spacial score (nSPS) is 10.5. The van der Waals surface area contributed by atoms with Crippen LogP contribution in [0.5, 0.6) is 11.6 Å². The highest BCUT2D eigenvalue weighted by Gasteiger charge is 2.07. The minimum absolute atomic E-state index is 0.336. The summed E-state index contributed by atoms with van der Waals surface area (Å²) < 4.78 is 5.94. The average molecular weight is 294 g/mol. The van der Waals surface area contributed by atoms with E-state index >= 15 is 0 Å². The molecule has 0 spiro atoms. The maximum atomic E-state index is 5.94. The Morgan fingerprint density at radius 3 is 2.67 bits per heavy atom. The third-order valence-electron chi connectivity index (χ3n) is 3.18. The van der Waals surface area contributed by atoms with Crippen molar-refractivity contribution in [3.63, 3.8) is 0 Å². The molecule has 3 rings (SSSR count). The third kappa shape index (κ3) is 2.85. The van der Waals surface area contributed by atoms with E-state index in [1.54, 1.807) is 6.07 Å². The number of hydrogen-bond donors (Lipinski definition) is 1. The van der Waals surface area contributed by atoms with Crippen LogP contribution in [0.25, 0.3) is 10.8 Å². The minimum atomic E-state index is 0.336. The number of fused-ring (bicyclic) bond motifs is 1. The Bertz CT molecular complexity index is 825. The van der Waals surface area contributed by atoms with Crippen molar-refractivity contribution in [3.05, 3.63) is 65.9 Å². The maximum absolute atomic E-state index is 5.94. The Morgan fingerprint density at radius 1 is 1.10 bits per heavy atom. The van der Waals surface area contributed by atoms with Gasteiger partial charge in [0.2, 0.25) is 5.88 Å². The van der Waals surface area contributed by atoms with E-state index in [-0.39, 0.29) is 0 Å². The largest absolute Gasteiger partial charge is 0.438 e. The van der Waals surface area contributed by atoms with Crippen LogP contribution in [0.3, 0.4) is 0 Å². The van der Waals surface area contributed by atoms with Crippen LogP contribution in [0.15, 0.2) is 54.6 Å². The molecule has 3 nitrogen and oxygen atoms in total. The summed E-state index contributed by atoms with van der Waals surface area (Å²) in [5.41, 5.74) is 7.26. The van der Waals surface area contributed by atoms with Crippen molar-refractivity contribution < 1.29 is 4.74 Å². The smallest absolute Gasteiger partial charge is 0.220 e. The monoisotopic (exact) mass is 294 g/mol. The van der Waals surface area contributed by atoms with Crippen molar-refractivity contribution in [2.45, 2.75) is 6.92 Å². The summed E-state index contributed by atoms with van der Waals surface area (Å²) in [6, 6.07) is 17.6. The summed E-state index contributed by atoms with van der Waals surface area (Å²) in [7, 11) is 0. The zero-order chi connectivity index (χ0) is 14.8. The Labute approximate surface area is 128 Å². The lowest BCUT2D eigenvalue weighted by Gasteiger charge is -2.10. The molecule has 0 atom stereocenters. The molecule has 2 aromatic carbocycles. The molecule has 1 aromatic heterocycles. The Kier molecular flexibility index (Phi) is 3.54. The molecule has 0 unspecified atom stereocenters. The molecule has 1 heterocycles. The molecule has 0 aliphatic rings. The number of pyridine rings is 1. The second-order valence-electron chi connectivity index (χ2n) is 4.78. The molecular formula is C17H14N2OS. The lowest BCUT2D eigenvalue weighted by atomic mass is 10.1. The van der Waals surface area contributed by atoms with E-state index in [2.05, 4.69) is 4.98 Å². The third-order valence-corrected chi connectivity index (χ3v) is 3.41. The predicted molar refractivity (Wildman–Crippen MR) is 88.9 cm³/mol. The fraction of sp³-hybridized carbons (Fsp3) is 0.0588. The summed E-state index contributed by atoms with van der Waals surface area (Å²) in [4.78, 5) is 4.72. The summed E-state index contributed by atoms with van der Waals surface area (Å²) in [6.45, 7) is 1.89. The number of ether oxygens (including phenoxy) is 1. The fourth-order valence-corrected chi connectivity index (χ4v) is 2.35. The highest BCUT2D eigenvalue weighted by molar-refractivity contribution is 7.80. The Hall–Kier alpha value is -2.46. The first kappa shape index (κ1) is 13.5. The lowest BCUT2D eigenvalue weighted by molar-refractivity contribution is 0.467. The number of aryl methyl sites for hydroxylation is 1. The van der Waals surface area contributed by atoms with Gasteiger partial charge in [-0.1, -0.05) is 48.6 Å². The Balaban J connectivity index is 2.05. The predicted octanol–water partition coefficient (Wildman–Crippen LogP) is 3.97. The highest BCUT2D eigenvalue weighted by atomic mass is 32.1. The molecule has 0 saturated carbocycles. The van der Waals surface area contributed by atoms with Crippen LogP contribution in [-0.2, 0) is 0 Å². The molecule has 21 heavy (non-hydrogen) atoms. The van der Waals surface area contributed by atoms with Crippen LogP contribution in [0, 0.1) is 6.92 Å². The van der Waals surface area contributed by atoms with Gasteiger partial charge < -0.3 is 10.5 Å². The van der Waals surface area contributed by atoms with Crippen LogP contribution < -0.4 is 10.5 Å². The van der Waals surface area contributed by atoms with Crippen LogP contribution in [0.4, 0.5) is 0 Å². The number of benzene rings is 2. The van der Waals surface area contributed by atoms with Crippen LogP contribution in [-0.4, -0.2) is 9.97 Å². The van der Waals surface area contributed by atoms with Crippen molar-refractivity contribution in [2.24, 2.45) is 5.73 Å². The first-order valence-electron chi connectivity index (χ1n) is 6.57. The molecular weight excluding hydrogens is 280 g/mol. The van der Waals surface area contributed by atoms with Crippen molar-refractivity contribution in [2.75, 3.05) is 0 Å². The number of nitrogens with zero attached hydrogens (tertiary/aromatic N) is 1. The SMILES string of the molecule is Cc1cc(C(N)=S)cc(Oc2cccc3ccccc23)n1. The molecule has 4 heteroatoms. The van der Waals surface area contributed by atoms with Gasteiger partial charge in [0.1, 0.15) is 10.7 Å². The van der Waals surface area contributed by atoms with Gasteiger partial charge in [-0.3, -0.25) is 0 Å². The van der Waals surface area contributed by atoms with E-state index in [0.29, 0.717) is 10.9 Å². The van der Waals surface area contributed by atoms with Crippen LogP contribution >= 0.6 is 12.2 Å². The molecule has 0 radical (unpaired) electrons. The molecule has 0 saturated heterocycles. The van der Waals surface area contributed by atoms with E-state index in [4.69, 9.17) is 22.7 Å². The Morgan fingerprint density at radius 2 is 1.86 bits per heavy atom. The van der Waals surface area contributed by atoms with Gasteiger partial charge in [-0.25, -0.2) is 4.98 Å². The van der Waals surface area contributed by atoms with Gasteiger partial charge >= 0.3 is 0 Å². The van der Waals surface area contributed by atoms with E-state index in [9.17, 15) is 0 Å². The molecule has 2 N–H and O–H groups in total. The quantitative estimate of drug-likeness (QED) is 0.743. The van der Waals surface area contributed by atoms with Gasteiger partial charge in [-0.2, -0.15) is 0 Å². The van der Waals surface area contributed by atoms with E-state index in [1.807, 2.05) is 55.5 Å². The minimum Gasteiger partial charge on any atom is -0.438 e. The molecule has 0 bridgehead atoms. The molecule has 0 aliphatic carbocycles. The van der Waals surface area contributed by atoms with Crippen molar-refractivity contribution in [1.82, 2.24) is 4.98 Å². The molecule has 0 amide bonds. The first-order chi connectivity index (χ1) is 10.1. The van der Waals surface area contributed by atoms with Gasteiger partial charge in [0, 0.05) is 22.7 Å². The summed E-state index contributed by atoms with van der Waals surface area (Å²) >= 11 is 5.02. The first-order valence-corrected chi connectivity index (χ1v) is 6.98. The highest BCUT2D eigenvalue weighted by Crippen LogP contribution is 2.29. The number of rotatable bonds is 3. The van der Waals surface area contributed by atoms with Crippen LogP contribution in [0.1, 0.15) is 11.3 Å². The molecule has 104 valence electrons. The van der Waals surface area contributed by atoms with E-state index in [0.717, 1.165) is 27.8 Å². The molecule has 0 fully saturated rings. The van der Waals surface area contributed by atoms with Gasteiger partial charge in [-0.05, 0) is 24.4 Å². The summed E-state index contributed by atoms with van der Waals surface area (Å²) in [5, 5.41) is 2.16. The fourth-order valence-electron chi connectivity index (χ4n) is 2.23. The second-order valence-corrected chi connectivity index (χ2v) is 5.22. The number of nitrogens with two attached hydrogens (primary N) is 1. The molecule has 3 aromatic rings. The van der Waals surface area contributed by atoms with Gasteiger partial charge in [0.15, 0.2) is 0 Å². The summed E-state index contributed by atoms with van der Waals surface area (Å²) in [6.07, 6.45) is 0. The zero-order valence-electron chi connectivity index (χ0n) is 11.5. The van der Waals surface area contributed by atoms with Crippen LogP contribution in [0.2, 0.25) is 0 Å². The number of aromatic nitrogens is 1.